The van der Waals surface area contributed by atoms with Crippen LogP contribution < -0.4 is 10.5 Å². The Balaban J connectivity index is 2.63. The zero-order valence-electron chi connectivity index (χ0n) is 7.62. The molecule has 4 nitrogen and oxygen atoms in total. The molecule has 0 aliphatic carbocycles. The van der Waals surface area contributed by atoms with E-state index < -0.39 is 5.97 Å². The number of carbonyl (C=O) groups is 1. The summed E-state index contributed by atoms with van der Waals surface area (Å²) < 4.78 is 10.4. The number of nitrogens with two attached hydrogens (primary N) is 1. The molecule has 0 unspecified atom stereocenters. The van der Waals surface area contributed by atoms with Gasteiger partial charge in [-0.2, -0.15) is 0 Å². The number of esters is 1. The molecule has 5 heteroatoms. The van der Waals surface area contributed by atoms with Gasteiger partial charge >= 0.3 is 5.97 Å². The number of nitrogen functional groups attached to an aromatic ring is 1. The van der Waals surface area contributed by atoms with Crippen molar-refractivity contribution in [1.82, 2.24) is 0 Å². The highest BCUT2D eigenvalue weighted by Crippen LogP contribution is 2.22. The number of anilines is 1. The lowest BCUT2D eigenvalue weighted by Crippen LogP contribution is -2.12. The number of halogens is 1. The van der Waals surface area contributed by atoms with Crippen LogP contribution in [-0.2, 0) is 9.53 Å². The van der Waals surface area contributed by atoms with Crippen molar-refractivity contribution >= 4 is 27.6 Å². The molecule has 1 rings (SSSR count). The summed E-state index contributed by atoms with van der Waals surface area (Å²) in [5.41, 5.74) is 6.14. The Kier molecular flexibility index (Phi) is 3.76. The first-order valence-corrected chi connectivity index (χ1v) is 4.67. The van der Waals surface area contributed by atoms with E-state index in [1.54, 1.807) is 18.2 Å². The lowest BCUT2D eigenvalue weighted by Gasteiger charge is -2.05. The number of carbonyl (C=O) groups excluding carboxylic acids is 1. The van der Waals surface area contributed by atoms with Gasteiger partial charge in [0.15, 0.2) is 6.61 Å². The Labute approximate surface area is 90.1 Å². The van der Waals surface area contributed by atoms with Gasteiger partial charge in [0.05, 0.1) is 7.11 Å². The Morgan fingerprint density at radius 2 is 2.21 bits per heavy atom. The van der Waals surface area contributed by atoms with Gasteiger partial charge in [-0.3, -0.25) is 0 Å². The van der Waals surface area contributed by atoms with Gasteiger partial charge in [0.1, 0.15) is 5.75 Å². The fourth-order valence-electron chi connectivity index (χ4n) is 0.869. The molecule has 0 spiro atoms. The van der Waals surface area contributed by atoms with E-state index in [0.717, 1.165) is 4.47 Å². The number of rotatable bonds is 3. The Bertz CT molecular complexity index is 321. The summed E-state index contributed by atoms with van der Waals surface area (Å²) in [6.45, 7) is -0.119. The average Bonchev–Trinajstić information content (AvgIpc) is 2.12. The molecule has 76 valence electrons. The third kappa shape index (κ3) is 3.26. The molecular formula is C9H10BrNO3. The minimum absolute atomic E-state index is 0.119. The molecule has 0 bridgehead atoms. The van der Waals surface area contributed by atoms with Crippen LogP contribution in [0.1, 0.15) is 0 Å². The van der Waals surface area contributed by atoms with Gasteiger partial charge in [-0.1, -0.05) is 15.9 Å². The van der Waals surface area contributed by atoms with Crippen LogP contribution in [0.15, 0.2) is 22.7 Å². The van der Waals surface area contributed by atoms with Crippen LogP contribution in [0.4, 0.5) is 5.69 Å². The van der Waals surface area contributed by atoms with Gasteiger partial charge in [-0.05, 0) is 12.1 Å². The number of methoxy groups -OCH3 is 1. The molecule has 1 aromatic carbocycles. The quantitative estimate of drug-likeness (QED) is 0.662. The van der Waals surface area contributed by atoms with E-state index in [2.05, 4.69) is 20.7 Å². The van der Waals surface area contributed by atoms with Gasteiger partial charge in [-0.15, -0.1) is 0 Å². The molecule has 0 aliphatic heterocycles. The summed E-state index contributed by atoms with van der Waals surface area (Å²) in [5, 5.41) is 0. The van der Waals surface area contributed by atoms with Crippen molar-refractivity contribution in [2.75, 3.05) is 19.5 Å². The molecule has 0 atom stereocenters. The molecule has 0 aromatic heterocycles. The number of benzene rings is 1. The first-order valence-electron chi connectivity index (χ1n) is 3.87. The lowest BCUT2D eigenvalue weighted by molar-refractivity contribution is -0.142. The van der Waals surface area contributed by atoms with E-state index in [-0.39, 0.29) is 6.61 Å². The second-order valence-corrected chi connectivity index (χ2v) is 3.50. The van der Waals surface area contributed by atoms with Crippen LogP contribution in [0.25, 0.3) is 0 Å². The molecule has 0 radical (unpaired) electrons. The minimum atomic E-state index is -0.427. The van der Waals surface area contributed by atoms with Crippen LogP contribution in [0.2, 0.25) is 0 Å². The maximum absolute atomic E-state index is 10.8. The first-order chi connectivity index (χ1) is 6.61. The molecule has 0 saturated carbocycles. The summed E-state index contributed by atoms with van der Waals surface area (Å²) in [4.78, 5) is 10.8. The molecule has 1 aromatic rings. The molecular weight excluding hydrogens is 250 g/mol. The molecule has 0 saturated heterocycles. The van der Waals surface area contributed by atoms with E-state index in [4.69, 9.17) is 10.5 Å². The second-order valence-electron chi connectivity index (χ2n) is 2.59. The normalized spacial score (nSPS) is 9.57. The van der Waals surface area contributed by atoms with Crippen LogP contribution >= 0.6 is 15.9 Å². The van der Waals surface area contributed by atoms with Crippen molar-refractivity contribution in [1.29, 1.82) is 0 Å². The molecule has 0 heterocycles. The number of hydrogen-bond donors (Lipinski definition) is 1. The summed E-state index contributed by atoms with van der Waals surface area (Å²) in [5.74, 6) is 0.103. The Hall–Kier alpha value is -1.23. The second kappa shape index (κ2) is 4.85. The lowest BCUT2D eigenvalue weighted by atomic mass is 10.3. The Morgan fingerprint density at radius 1 is 1.50 bits per heavy atom. The van der Waals surface area contributed by atoms with Crippen molar-refractivity contribution < 1.29 is 14.3 Å². The zero-order chi connectivity index (χ0) is 10.6. The molecule has 0 amide bonds. The van der Waals surface area contributed by atoms with Gasteiger partial charge in [0.25, 0.3) is 0 Å². The van der Waals surface area contributed by atoms with Crippen LogP contribution in [0.5, 0.6) is 5.75 Å². The van der Waals surface area contributed by atoms with Crippen LogP contribution in [0, 0.1) is 0 Å². The van der Waals surface area contributed by atoms with E-state index in [1.165, 1.54) is 7.11 Å². The molecule has 2 N–H and O–H groups in total. The number of hydrogen-bond acceptors (Lipinski definition) is 4. The smallest absolute Gasteiger partial charge is 0.343 e. The van der Waals surface area contributed by atoms with E-state index in [1.807, 2.05) is 0 Å². The molecule has 14 heavy (non-hydrogen) atoms. The maximum Gasteiger partial charge on any atom is 0.343 e. The van der Waals surface area contributed by atoms with Crippen molar-refractivity contribution in [2.24, 2.45) is 0 Å². The Morgan fingerprint density at radius 3 is 2.79 bits per heavy atom. The van der Waals surface area contributed by atoms with Gasteiger partial charge < -0.3 is 15.2 Å². The minimum Gasteiger partial charge on any atom is -0.482 e. The fourth-order valence-corrected chi connectivity index (χ4v) is 1.36. The number of ether oxygens (including phenoxy) is 2. The fraction of sp³-hybridized carbons (Fsp3) is 0.222. The van der Waals surface area contributed by atoms with Crippen LogP contribution in [0.3, 0.4) is 0 Å². The summed E-state index contributed by atoms with van der Waals surface area (Å²) >= 11 is 3.26. The van der Waals surface area contributed by atoms with E-state index in [0.29, 0.717) is 11.4 Å². The van der Waals surface area contributed by atoms with E-state index in [9.17, 15) is 4.79 Å². The van der Waals surface area contributed by atoms with Crippen molar-refractivity contribution in [3.63, 3.8) is 0 Å². The summed E-state index contributed by atoms with van der Waals surface area (Å²) in [7, 11) is 1.31. The van der Waals surface area contributed by atoms with Gasteiger partial charge in [0, 0.05) is 16.2 Å². The zero-order valence-corrected chi connectivity index (χ0v) is 9.21. The van der Waals surface area contributed by atoms with Gasteiger partial charge in [0.2, 0.25) is 0 Å². The third-order valence-corrected chi connectivity index (χ3v) is 1.94. The first kappa shape index (κ1) is 10.8. The predicted molar refractivity (Wildman–Crippen MR) is 56.1 cm³/mol. The van der Waals surface area contributed by atoms with Crippen LogP contribution in [-0.4, -0.2) is 19.7 Å². The SMILES string of the molecule is COC(=O)COc1cc(N)cc(Br)c1. The molecule has 0 aliphatic rings. The summed E-state index contributed by atoms with van der Waals surface area (Å²) in [6.07, 6.45) is 0. The monoisotopic (exact) mass is 259 g/mol. The maximum atomic E-state index is 10.8. The predicted octanol–water partition coefficient (Wildman–Crippen LogP) is 1.58. The highest BCUT2D eigenvalue weighted by Gasteiger charge is 2.02. The summed E-state index contributed by atoms with van der Waals surface area (Å²) in [6, 6.07) is 5.10. The standard InChI is InChI=1S/C9H10BrNO3/c1-13-9(12)5-14-8-3-6(10)2-7(11)4-8/h2-4H,5,11H2,1H3. The van der Waals surface area contributed by atoms with Crippen molar-refractivity contribution in [2.45, 2.75) is 0 Å². The van der Waals surface area contributed by atoms with Crippen molar-refractivity contribution in [3.8, 4) is 5.75 Å². The largest absolute Gasteiger partial charge is 0.482 e. The van der Waals surface area contributed by atoms with Crippen molar-refractivity contribution in [3.05, 3.63) is 22.7 Å². The van der Waals surface area contributed by atoms with Gasteiger partial charge in [-0.25, -0.2) is 4.79 Å². The van der Waals surface area contributed by atoms with E-state index >= 15 is 0 Å². The topological polar surface area (TPSA) is 61.5 Å². The molecule has 0 fully saturated rings. The highest BCUT2D eigenvalue weighted by atomic mass is 79.9. The third-order valence-electron chi connectivity index (χ3n) is 1.48. The average molecular weight is 260 g/mol. The highest BCUT2D eigenvalue weighted by molar-refractivity contribution is 9.10.